The van der Waals surface area contributed by atoms with E-state index in [2.05, 4.69) is 10.3 Å². The minimum atomic E-state index is -0.610. The normalized spacial score (nSPS) is 11.9. The molecule has 2 aromatic rings. The van der Waals surface area contributed by atoms with E-state index in [1.54, 1.807) is 6.07 Å². The number of rotatable bonds is 5. The quantitative estimate of drug-likeness (QED) is 0.678. The molecule has 0 spiro atoms. The van der Waals surface area contributed by atoms with Crippen molar-refractivity contribution in [3.8, 4) is 0 Å². The minimum absolute atomic E-state index is 0.0460. The first kappa shape index (κ1) is 15.0. The Morgan fingerprint density at radius 1 is 1.52 bits per heavy atom. The molecule has 7 nitrogen and oxygen atoms in total. The van der Waals surface area contributed by atoms with Crippen molar-refractivity contribution < 1.29 is 9.72 Å². The number of carbonyl (C=O) groups excluding carboxylic acids is 1. The Balaban J connectivity index is 1.98. The van der Waals surface area contributed by atoms with Crippen molar-refractivity contribution >= 4 is 23.3 Å². The van der Waals surface area contributed by atoms with Gasteiger partial charge in [-0.15, -0.1) is 0 Å². The molecule has 1 amide bonds. The van der Waals surface area contributed by atoms with Gasteiger partial charge in [0.2, 0.25) is 12.2 Å². The van der Waals surface area contributed by atoms with Crippen LogP contribution in [0.5, 0.6) is 0 Å². The van der Waals surface area contributed by atoms with Gasteiger partial charge in [-0.2, -0.15) is 0 Å². The highest BCUT2D eigenvalue weighted by Crippen LogP contribution is 2.22. The molecule has 1 aromatic carbocycles. The van der Waals surface area contributed by atoms with Crippen LogP contribution in [0.25, 0.3) is 0 Å². The van der Waals surface area contributed by atoms with E-state index in [0.717, 1.165) is 5.56 Å². The summed E-state index contributed by atoms with van der Waals surface area (Å²) in [6.45, 7) is 1.77. The number of halogens is 1. The fourth-order valence-corrected chi connectivity index (χ4v) is 2.19. The largest absolute Gasteiger partial charge is 0.381 e. The average molecular weight is 309 g/mol. The summed E-state index contributed by atoms with van der Waals surface area (Å²) < 4.78 is 1.35. The van der Waals surface area contributed by atoms with Crippen molar-refractivity contribution in [1.82, 2.24) is 14.9 Å². The average Bonchev–Trinajstić information content (AvgIpc) is 2.87. The third-order valence-corrected chi connectivity index (χ3v) is 3.23. The van der Waals surface area contributed by atoms with E-state index < -0.39 is 4.92 Å². The van der Waals surface area contributed by atoms with Crippen LogP contribution in [0.15, 0.2) is 36.8 Å². The van der Waals surface area contributed by atoms with Crippen molar-refractivity contribution in [1.29, 1.82) is 0 Å². The molecule has 0 aliphatic carbocycles. The van der Waals surface area contributed by atoms with E-state index in [0.29, 0.717) is 5.02 Å². The van der Waals surface area contributed by atoms with Gasteiger partial charge in [0.15, 0.2) is 0 Å². The lowest BCUT2D eigenvalue weighted by Crippen LogP contribution is -2.29. The second kappa shape index (κ2) is 6.36. The molecule has 1 N–H and O–H groups in total. The molecule has 0 saturated carbocycles. The van der Waals surface area contributed by atoms with Crippen molar-refractivity contribution in [3.63, 3.8) is 0 Å². The number of amides is 1. The summed E-state index contributed by atoms with van der Waals surface area (Å²) in [5.41, 5.74) is 0.809. The maximum absolute atomic E-state index is 11.9. The zero-order valence-corrected chi connectivity index (χ0v) is 11.9. The molecule has 8 heteroatoms. The molecule has 110 valence electrons. The number of nitrogens with one attached hydrogen (secondary N) is 1. The third kappa shape index (κ3) is 3.79. The van der Waals surface area contributed by atoms with Gasteiger partial charge >= 0.3 is 5.82 Å². The number of nitrogens with zero attached hydrogens (tertiary/aromatic N) is 3. The van der Waals surface area contributed by atoms with Crippen LogP contribution in [-0.2, 0) is 11.3 Å². The van der Waals surface area contributed by atoms with E-state index in [4.69, 9.17) is 11.6 Å². The molecule has 1 unspecified atom stereocenters. The van der Waals surface area contributed by atoms with Crippen molar-refractivity contribution in [3.05, 3.63) is 57.5 Å². The molecule has 2 rings (SSSR count). The number of hydrogen-bond donors (Lipinski definition) is 1. The summed E-state index contributed by atoms with van der Waals surface area (Å²) in [6, 6.07) is 6.96. The number of hydrogen-bond acceptors (Lipinski definition) is 4. The summed E-state index contributed by atoms with van der Waals surface area (Å²) in [7, 11) is 0. The van der Waals surface area contributed by atoms with Crippen molar-refractivity contribution in [2.45, 2.75) is 19.5 Å². The van der Waals surface area contributed by atoms with Gasteiger partial charge in [0.05, 0.1) is 6.04 Å². The Morgan fingerprint density at radius 2 is 2.24 bits per heavy atom. The second-order valence-electron chi connectivity index (χ2n) is 4.47. The smallest absolute Gasteiger partial charge is 0.358 e. The molecule has 0 bridgehead atoms. The van der Waals surface area contributed by atoms with E-state index in [9.17, 15) is 14.9 Å². The molecule has 0 aliphatic rings. The molecule has 21 heavy (non-hydrogen) atoms. The maximum Gasteiger partial charge on any atom is 0.381 e. The first-order valence-corrected chi connectivity index (χ1v) is 6.55. The highest BCUT2D eigenvalue weighted by Gasteiger charge is 2.15. The summed E-state index contributed by atoms with van der Waals surface area (Å²) in [5, 5.41) is 13.9. The lowest BCUT2D eigenvalue weighted by atomic mass is 10.1. The van der Waals surface area contributed by atoms with Gasteiger partial charge in [0.1, 0.15) is 12.7 Å². The van der Waals surface area contributed by atoms with Crippen LogP contribution in [-0.4, -0.2) is 20.4 Å². The monoisotopic (exact) mass is 308 g/mol. The van der Waals surface area contributed by atoms with Gasteiger partial charge in [-0.3, -0.25) is 4.79 Å². The molecule has 1 heterocycles. The Morgan fingerprint density at radius 3 is 2.86 bits per heavy atom. The van der Waals surface area contributed by atoms with E-state index in [1.807, 2.05) is 25.1 Å². The fraction of sp³-hybridized carbons (Fsp3) is 0.231. The molecule has 1 aromatic heterocycles. The Kier molecular flexibility index (Phi) is 4.54. The second-order valence-corrected chi connectivity index (χ2v) is 4.88. The molecular formula is C13H13ClN4O3. The Bertz CT molecular complexity index is 671. The summed E-state index contributed by atoms with van der Waals surface area (Å²) in [4.78, 5) is 25.4. The molecular weight excluding hydrogens is 296 g/mol. The van der Waals surface area contributed by atoms with Gasteiger partial charge < -0.3 is 20.0 Å². The fourth-order valence-electron chi connectivity index (χ4n) is 1.89. The maximum atomic E-state index is 11.9. The third-order valence-electron chi connectivity index (χ3n) is 2.88. The predicted molar refractivity (Wildman–Crippen MR) is 76.9 cm³/mol. The summed E-state index contributed by atoms with van der Waals surface area (Å²) in [5.74, 6) is -0.573. The molecule has 0 fully saturated rings. The van der Waals surface area contributed by atoms with Crippen LogP contribution in [0.2, 0.25) is 5.02 Å². The Hall–Kier alpha value is -2.41. The molecule has 0 aliphatic heterocycles. The zero-order chi connectivity index (χ0) is 15.4. The highest BCUT2D eigenvalue weighted by atomic mass is 35.5. The predicted octanol–water partition coefficient (Wildman–Crippen LogP) is 2.32. The standard InChI is InChI=1S/C13H13ClN4O3/c1-9(10-4-2-3-5-11(10)14)16-13(19)7-17-6-12(15-8-17)18(20)21/h2-6,8-9H,7H2,1H3,(H,16,19). The minimum Gasteiger partial charge on any atom is -0.358 e. The van der Waals surface area contributed by atoms with Crippen molar-refractivity contribution in [2.75, 3.05) is 0 Å². The number of aromatic nitrogens is 2. The summed E-state index contributed by atoms with van der Waals surface area (Å²) in [6.07, 6.45) is 2.46. The van der Waals surface area contributed by atoms with Gasteiger partial charge in [-0.1, -0.05) is 29.8 Å². The number of benzene rings is 1. The summed E-state index contributed by atoms with van der Waals surface area (Å²) >= 11 is 6.06. The first-order chi connectivity index (χ1) is 9.97. The van der Waals surface area contributed by atoms with Crippen LogP contribution in [0.3, 0.4) is 0 Å². The molecule has 0 radical (unpaired) electrons. The van der Waals surface area contributed by atoms with Gasteiger partial charge in [-0.25, -0.2) is 0 Å². The first-order valence-electron chi connectivity index (χ1n) is 6.17. The SMILES string of the molecule is CC(NC(=O)Cn1cnc([N+](=O)[O-])c1)c1ccccc1Cl. The highest BCUT2D eigenvalue weighted by molar-refractivity contribution is 6.31. The van der Waals surface area contributed by atoms with Gasteiger partial charge in [-0.05, 0) is 28.5 Å². The molecule has 1 atom stereocenters. The molecule has 0 saturated heterocycles. The topological polar surface area (TPSA) is 90.1 Å². The van der Waals surface area contributed by atoms with E-state index >= 15 is 0 Å². The zero-order valence-electron chi connectivity index (χ0n) is 11.2. The van der Waals surface area contributed by atoms with Gasteiger partial charge in [0.25, 0.3) is 0 Å². The van der Waals surface area contributed by atoms with Crippen LogP contribution in [0.1, 0.15) is 18.5 Å². The van der Waals surface area contributed by atoms with E-state index in [1.165, 1.54) is 17.1 Å². The number of imidazole rings is 1. The lowest BCUT2D eigenvalue weighted by molar-refractivity contribution is -0.389. The van der Waals surface area contributed by atoms with E-state index in [-0.39, 0.29) is 24.3 Å². The van der Waals surface area contributed by atoms with Crippen LogP contribution in [0.4, 0.5) is 5.82 Å². The van der Waals surface area contributed by atoms with Crippen LogP contribution in [0, 0.1) is 10.1 Å². The number of carbonyl (C=O) groups is 1. The van der Waals surface area contributed by atoms with Crippen LogP contribution < -0.4 is 5.32 Å². The van der Waals surface area contributed by atoms with Crippen LogP contribution >= 0.6 is 11.6 Å². The lowest BCUT2D eigenvalue weighted by Gasteiger charge is -2.15. The number of nitro groups is 1. The Labute approximate surface area is 125 Å². The van der Waals surface area contributed by atoms with Crippen molar-refractivity contribution in [2.24, 2.45) is 0 Å². The van der Waals surface area contributed by atoms with Gasteiger partial charge in [0, 0.05) is 5.02 Å².